The quantitative estimate of drug-likeness (QED) is 0.285. The van der Waals surface area contributed by atoms with Crippen molar-refractivity contribution in [3.8, 4) is 0 Å². The second-order valence-corrected chi connectivity index (χ2v) is 8.45. The lowest BCUT2D eigenvalue weighted by Crippen LogP contribution is -2.39. The third-order valence-corrected chi connectivity index (χ3v) is 6.45. The Morgan fingerprint density at radius 3 is 1.74 bits per heavy atom. The molecule has 0 saturated heterocycles. The molecule has 1 unspecified atom stereocenters. The van der Waals surface area contributed by atoms with Gasteiger partial charge in [0.05, 0.1) is 23.2 Å². The summed E-state index contributed by atoms with van der Waals surface area (Å²) < 4.78 is 16.8. The number of aromatic nitrogens is 2. The van der Waals surface area contributed by atoms with E-state index < -0.39 is 17.5 Å². The summed E-state index contributed by atoms with van der Waals surface area (Å²) in [6, 6.07) is 34.8. The van der Waals surface area contributed by atoms with E-state index in [1.807, 2.05) is 59.2 Å². The van der Waals surface area contributed by atoms with Gasteiger partial charge in [-0.25, -0.2) is 9.37 Å². The van der Waals surface area contributed by atoms with Crippen molar-refractivity contribution in [2.24, 2.45) is 0 Å². The lowest BCUT2D eigenvalue weighted by atomic mass is 9.76. The van der Waals surface area contributed by atoms with E-state index in [0.717, 1.165) is 16.7 Å². The highest BCUT2D eigenvalue weighted by atomic mass is 35.5. The zero-order valence-electron chi connectivity index (χ0n) is 18.2. The molecule has 5 rings (SSSR count). The normalized spacial score (nSPS) is 12.4. The topological polar surface area (TPSA) is 38.1 Å². The fourth-order valence-corrected chi connectivity index (χ4v) is 4.82. The Morgan fingerprint density at radius 2 is 1.24 bits per heavy atom. The number of hydrogen-bond acceptors (Lipinski definition) is 2. The Morgan fingerprint density at radius 1 is 0.735 bits per heavy atom. The molecule has 1 N–H and O–H groups in total. The van der Waals surface area contributed by atoms with Gasteiger partial charge in [0.25, 0.3) is 0 Å². The highest BCUT2D eigenvalue weighted by molar-refractivity contribution is 6.30. The van der Waals surface area contributed by atoms with E-state index in [9.17, 15) is 9.50 Å². The summed E-state index contributed by atoms with van der Waals surface area (Å²) in [6.07, 6.45) is 1.99. The van der Waals surface area contributed by atoms with Crippen LogP contribution in [-0.4, -0.2) is 14.7 Å². The highest BCUT2D eigenvalue weighted by Gasteiger charge is 2.40. The van der Waals surface area contributed by atoms with E-state index in [0.29, 0.717) is 5.69 Å². The summed E-state index contributed by atoms with van der Waals surface area (Å²) in [6.45, 7) is 0. The first-order chi connectivity index (χ1) is 16.6. The number of aliphatic hydroxyl groups excluding tert-OH is 1. The van der Waals surface area contributed by atoms with Crippen LogP contribution >= 0.6 is 11.6 Å². The van der Waals surface area contributed by atoms with Crippen molar-refractivity contribution in [3.05, 3.63) is 161 Å². The Kier molecular flexibility index (Phi) is 6.01. The van der Waals surface area contributed by atoms with Gasteiger partial charge in [0.15, 0.2) is 0 Å². The van der Waals surface area contributed by atoms with Gasteiger partial charge in [-0.3, -0.25) is 0 Å². The van der Waals surface area contributed by atoms with Gasteiger partial charge in [0.1, 0.15) is 17.5 Å². The summed E-state index contributed by atoms with van der Waals surface area (Å²) >= 11 is 6.03. The van der Waals surface area contributed by atoms with Gasteiger partial charge in [0, 0.05) is 5.56 Å². The summed E-state index contributed by atoms with van der Waals surface area (Å²) in [7, 11) is 0. The smallest absolute Gasteiger partial charge is 0.147 e. The molecule has 168 valence electrons. The van der Waals surface area contributed by atoms with E-state index >= 15 is 0 Å². The number of halogens is 2. The lowest BCUT2D eigenvalue weighted by molar-refractivity contribution is 0.201. The second kappa shape index (κ2) is 9.26. The molecule has 1 heterocycles. The second-order valence-electron chi connectivity index (χ2n) is 8.04. The van der Waals surface area contributed by atoms with Crippen LogP contribution in [0.2, 0.25) is 5.02 Å². The number of benzene rings is 4. The monoisotopic (exact) mass is 468 g/mol. The van der Waals surface area contributed by atoms with Gasteiger partial charge in [-0.05, 0) is 22.8 Å². The van der Waals surface area contributed by atoms with Crippen LogP contribution in [-0.2, 0) is 5.54 Å². The average molecular weight is 469 g/mol. The highest BCUT2D eigenvalue weighted by Crippen LogP contribution is 2.43. The average Bonchev–Trinajstić information content (AvgIpc) is 3.38. The van der Waals surface area contributed by atoms with Crippen molar-refractivity contribution in [2.45, 2.75) is 11.6 Å². The van der Waals surface area contributed by atoms with Crippen LogP contribution in [0.25, 0.3) is 0 Å². The molecule has 0 fully saturated rings. The Balaban J connectivity index is 1.84. The SMILES string of the molecule is OC(c1cccc(Cl)c1F)c1cncn1C(c1ccccc1)(c1ccccc1)c1ccccc1. The first-order valence-electron chi connectivity index (χ1n) is 11.0. The first kappa shape index (κ1) is 22.1. The molecule has 34 heavy (non-hydrogen) atoms. The van der Waals surface area contributed by atoms with E-state index in [1.165, 1.54) is 6.07 Å². The zero-order valence-corrected chi connectivity index (χ0v) is 19.0. The third kappa shape index (κ3) is 3.61. The Labute approximate surface area is 202 Å². The molecule has 0 aliphatic rings. The van der Waals surface area contributed by atoms with Crippen molar-refractivity contribution in [2.75, 3.05) is 0 Å². The van der Waals surface area contributed by atoms with Crippen LogP contribution in [0, 0.1) is 5.82 Å². The minimum absolute atomic E-state index is 0.0388. The predicted octanol–water partition coefficient (Wildman–Crippen LogP) is 6.60. The molecule has 4 aromatic carbocycles. The van der Waals surface area contributed by atoms with Crippen LogP contribution < -0.4 is 0 Å². The largest absolute Gasteiger partial charge is 0.382 e. The van der Waals surface area contributed by atoms with Gasteiger partial charge < -0.3 is 9.67 Å². The molecule has 1 atom stereocenters. The minimum atomic E-state index is -1.28. The Hall–Kier alpha value is -3.73. The van der Waals surface area contributed by atoms with Crippen LogP contribution in [0.5, 0.6) is 0 Å². The predicted molar refractivity (Wildman–Crippen MR) is 132 cm³/mol. The molecular formula is C29H22ClFN2O. The molecule has 0 spiro atoms. The zero-order chi connectivity index (χ0) is 23.5. The van der Waals surface area contributed by atoms with E-state index in [-0.39, 0.29) is 10.6 Å². The summed E-state index contributed by atoms with van der Waals surface area (Å²) in [5.41, 5.74) is 2.60. The van der Waals surface area contributed by atoms with Crippen LogP contribution in [0.4, 0.5) is 4.39 Å². The molecular weight excluding hydrogens is 447 g/mol. The third-order valence-electron chi connectivity index (χ3n) is 6.16. The number of imidazole rings is 1. The van der Waals surface area contributed by atoms with E-state index in [2.05, 4.69) is 41.4 Å². The van der Waals surface area contributed by atoms with Crippen LogP contribution in [0.1, 0.15) is 34.1 Å². The molecule has 0 aliphatic heterocycles. The lowest BCUT2D eigenvalue weighted by Gasteiger charge is -2.39. The maximum atomic E-state index is 14.9. The molecule has 3 nitrogen and oxygen atoms in total. The number of nitrogens with zero attached hydrogens (tertiary/aromatic N) is 2. The minimum Gasteiger partial charge on any atom is -0.382 e. The molecule has 5 heteroatoms. The molecule has 0 bridgehead atoms. The van der Waals surface area contributed by atoms with Crippen molar-refractivity contribution in [3.63, 3.8) is 0 Å². The first-order valence-corrected chi connectivity index (χ1v) is 11.3. The molecule has 0 radical (unpaired) electrons. The van der Waals surface area contributed by atoms with Gasteiger partial charge in [-0.15, -0.1) is 0 Å². The number of rotatable bonds is 6. The van der Waals surface area contributed by atoms with Crippen molar-refractivity contribution < 1.29 is 9.50 Å². The standard InChI is InChI=1S/C29H22ClFN2O/c30-25-18-10-17-24(27(25)31)28(34)26-19-32-20-33(26)29(21-11-4-1-5-12-21,22-13-6-2-7-14-22)23-15-8-3-9-16-23/h1-20,28,34H. The molecule has 1 aromatic heterocycles. The van der Waals surface area contributed by atoms with Crippen molar-refractivity contribution in [1.29, 1.82) is 0 Å². The van der Waals surface area contributed by atoms with Crippen LogP contribution in [0.15, 0.2) is 122 Å². The maximum absolute atomic E-state index is 14.9. The fourth-order valence-electron chi connectivity index (χ4n) is 4.63. The van der Waals surface area contributed by atoms with Crippen LogP contribution in [0.3, 0.4) is 0 Å². The fraction of sp³-hybridized carbons (Fsp3) is 0.0690. The summed E-state index contributed by atoms with van der Waals surface area (Å²) in [4.78, 5) is 4.41. The van der Waals surface area contributed by atoms with Crippen molar-refractivity contribution in [1.82, 2.24) is 9.55 Å². The molecule has 0 aliphatic carbocycles. The van der Waals surface area contributed by atoms with E-state index in [4.69, 9.17) is 11.6 Å². The number of aliphatic hydroxyl groups is 1. The maximum Gasteiger partial charge on any atom is 0.147 e. The van der Waals surface area contributed by atoms with Gasteiger partial charge in [0.2, 0.25) is 0 Å². The summed E-state index contributed by atoms with van der Waals surface area (Å²) in [5.74, 6) is -0.644. The molecule has 0 saturated carbocycles. The van der Waals surface area contributed by atoms with E-state index in [1.54, 1.807) is 24.7 Å². The van der Waals surface area contributed by atoms with Crippen molar-refractivity contribution >= 4 is 11.6 Å². The van der Waals surface area contributed by atoms with Gasteiger partial charge in [-0.1, -0.05) is 115 Å². The van der Waals surface area contributed by atoms with Gasteiger partial charge >= 0.3 is 0 Å². The molecule has 5 aromatic rings. The number of hydrogen-bond donors (Lipinski definition) is 1. The van der Waals surface area contributed by atoms with Gasteiger partial charge in [-0.2, -0.15) is 0 Å². The Bertz CT molecular complexity index is 1290. The molecule has 0 amide bonds. The summed E-state index contributed by atoms with van der Waals surface area (Å²) in [5, 5.41) is 11.4.